The normalized spacial score (nSPS) is 18.2. The van der Waals surface area contributed by atoms with Crippen molar-refractivity contribution in [2.75, 3.05) is 81.2 Å². The first-order valence-electron chi connectivity index (χ1n) is 18.4. The second-order valence-electron chi connectivity index (χ2n) is 14.2. The van der Waals surface area contributed by atoms with E-state index in [0.29, 0.717) is 24.9 Å². The van der Waals surface area contributed by atoms with Gasteiger partial charge in [0.15, 0.2) is 0 Å². The highest BCUT2D eigenvalue weighted by Gasteiger charge is 2.29. The quantitative estimate of drug-likeness (QED) is 0.0962. The number of fused-ring (bicyclic) bond motifs is 1. The number of hydrogen-bond donors (Lipinski definition) is 2. The standard InChI is InChI=1S/C34H49N7O3.C5H10O/c1-24(2)37-41(25(3)4)31-18-28(17-30(20-31)40-15-13-38(5)14-16-40)29(19-33(42)43)22-39-12-10-26(21-39)23-44-32-9-8-27-7-6-11-35-34(27)36-32;1-2-3-4-5-6/h8-9,17-18,20,26,29H,3,6-7,10-16,19,21-23H2,1-2,4-5H3,(H,35,36)(H,42,43);5H,2-4H2,1H3/t26-,29-;/m1./s1. The number of nitrogens with zero attached hydrogens (tertiary/aromatic N) is 6. The third kappa shape index (κ3) is 11.8. The lowest BCUT2D eigenvalue weighted by Gasteiger charge is -2.35. The number of rotatable bonds is 15. The molecule has 2 saturated heterocycles. The van der Waals surface area contributed by atoms with Crippen LogP contribution < -0.4 is 20.0 Å². The number of hydrazone groups is 1. The minimum absolute atomic E-state index is 0.0679. The number of benzene rings is 1. The Labute approximate surface area is 299 Å². The van der Waals surface area contributed by atoms with Gasteiger partial charge in [-0.25, -0.2) is 5.01 Å². The Hall–Kier alpha value is -3.96. The number of carbonyl (C=O) groups is 2. The monoisotopic (exact) mass is 689 g/mol. The van der Waals surface area contributed by atoms with E-state index in [-0.39, 0.29) is 12.3 Å². The lowest BCUT2D eigenvalue weighted by Crippen LogP contribution is -2.44. The zero-order valence-corrected chi connectivity index (χ0v) is 31.0. The van der Waals surface area contributed by atoms with Crippen molar-refractivity contribution in [1.29, 1.82) is 0 Å². The van der Waals surface area contributed by atoms with Crippen molar-refractivity contribution < 1.29 is 19.4 Å². The first kappa shape index (κ1) is 38.8. The number of piperazine rings is 1. The predicted molar refractivity (Wildman–Crippen MR) is 204 cm³/mol. The number of pyridine rings is 1. The van der Waals surface area contributed by atoms with E-state index < -0.39 is 5.97 Å². The van der Waals surface area contributed by atoms with Gasteiger partial charge in [0.05, 0.1) is 18.7 Å². The molecule has 1 aromatic carbocycles. The highest BCUT2D eigenvalue weighted by Crippen LogP contribution is 2.34. The molecule has 0 unspecified atom stereocenters. The number of likely N-dealkylation sites (tertiary alicyclic amines) is 1. The Morgan fingerprint density at radius 2 is 1.96 bits per heavy atom. The molecule has 0 spiro atoms. The maximum atomic E-state index is 12.2. The molecular formula is C39H59N7O4. The number of nitrogens with one attached hydrogen (secondary N) is 1. The second-order valence-corrected chi connectivity index (χ2v) is 14.2. The Morgan fingerprint density at radius 3 is 2.62 bits per heavy atom. The summed E-state index contributed by atoms with van der Waals surface area (Å²) >= 11 is 0. The summed E-state index contributed by atoms with van der Waals surface area (Å²) in [6, 6.07) is 10.6. The molecule has 50 heavy (non-hydrogen) atoms. The van der Waals surface area contributed by atoms with E-state index in [1.54, 1.807) is 0 Å². The highest BCUT2D eigenvalue weighted by atomic mass is 16.5. The number of aldehydes is 1. The smallest absolute Gasteiger partial charge is 0.304 e. The lowest BCUT2D eigenvalue weighted by atomic mass is 9.93. The molecule has 0 aliphatic carbocycles. The summed E-state index contributed by atoms with van der Waals surface area (Å²) in [6.45, 7) is 20.0. The first-order chi connectivity index (χ1) is 24.1. The zero-order valence-electron chi connectivity index (χ0n) is 31.0. The molecular weight excluding hydrogens is 630 g/mol. The van der Waals surface area contributed by atoms with Gasteiger partial charge in [0.25, 0.3) is 0 Å². The molecule has 5 rings (SSSR count). The van der Waals surface area contributed by atoms with Crippen LogP contribution in [0, 0.1) is 5.92 Å². The van der Waals surface area contributed by atoms with E-state index in [1.165, 1.54) is 5.56 Å². The summed E-state index contributed by atoms with van der Waals surface area (Å²) in [7, 11) is 2.15. The Morgan fingerprint density at radius 1 is 1.18 bits per heavy atom. The van der Waals surface area contributed by atoms with Crippen molar-refractivity contribution in [2.24, 2.45) is 11.0 Å². The molecule has 0 radical (unpaired) electrons. The molecule has 11 heteroatoms. The summed E-state index contributed by atoms with van der Waals surface area (Å²) < 4.78 is 6.14. The number of carboxylic acid groups (broad SMARTS) is 1. The summed E-state index contributed by atoms with van der Waals surface area (Å²) in [5.41, 5.74) is 6.04. The van der Waals surface area contributed by atoms with Crippen molar-refractivity contribution in [2.45, 2.75) is 78.6 Å². The van der Waals surface area contributed by atoms with E-state index >= 15 is 0 Å². The number of ether oxygens (including phenoxy) is 1. The predicted octanol–water partition coefficient (Wildman–Crippen LogP) is 6.26. The molecule has 11 nitrogen and oxygen atoms in total. The van der Waals surface area contributed by atoms with Crippen LogP contribution in [0.4, 0.5) is 17.2 Å². The Balaban J connectivity index is 0.000000860. The number of aliphatic carboxylic acids is 1. The number of carbonyl (C=O) groups excluding carboxylic acids is 1. The van der Waals surface area contributed by atoms with Crippen molar-refractivity contribution in [3.05, 3.63) is 53.7 Å². The van der Waals surface area contributed by atoms with Crippen LogP contribution in [0.5, 0.6) is 5.88 Å². The SMILES string of the molecule is C=C(C)N(N=C(C)C)c1cc([C@H](CC(=O)O)CN2CC[C@@H](COc3ccc4c(n3)NCCC4)C2)cc(N2CCN(C)CC2)c1.CCCCC=O. The molecule has 2 N–H and O–H groups in total. The Kier molecular flexibility index (Phi) is 15.1. The molecule has 1 aromatic heterocycles. The molecule has 2 aromatic rings. The first-order valence-corrected chi connectivity index (χ1v) is 18.4. The molecule has 0 saturated carbocycles. The van der Waals surface area contributed by atoms with Gasteiger partial charge in [-0.2, -0.15) is 10.1 Å². The van der Waals surface area contributed by atoms with Gasteiger partial charge in [0.1, 0.15) is 12.1 Å². The average molecular weight is 690 g/mol. The van der Waals surface area contributed by atoms with Crippen LogP contribution in [0.25, 0.3) is 0 Å². The lowest BCUT2D eigenvalue weighted by molar-refractivity contribution is -0.137. The average Bonchev–Trinajstić information content (AvgIpc) is 3.55. The number of allylic oxidation sites excluding steroid dienone is 1. The fraction of sp³-hybridized carbons (Fsp3) is 0.590. The van der Waals surface area contributed by atoms with Gasteiger partial charge in [0.2, 0.25) is 5.88 Å². The van der Waals surface area contributed by atoms with E-state index in [2.05, 4.69) is 69.8 Å². The van der Waals surface area contributed by atoms with Gasteiger partial charge in [0, 0.05) is 87.2 Å². The molecule has 3 aliphatic heterocycles. The molecule has 0 bridgehead atoms. The maximum Gasteiger partial charge on any atom is 0.304 e. The van der Waals surface area contributed by atoms with Gasteiger partial charge >= 0.3 is 5.97 Å². The minimum Gasteiger partial charge on any atom is -0.481 e. The van der Waals surface area contributed by atoms with Gasteiger partial charge < -0.3 is 34.7 Å². The van der Waals surface area contributed by atoms with Crippen LogP contribution in [0.3, 0.4) is 0 Å². The fourth-order valence-corrected chi connectivity index (χ4v) is 6.69. The molecule has 3 aliphatic rings. The van der Waals surface area contributed by atoms with Crippen LogP contribution >= 0.6 is 0 Å². The third-order valence-corrected chi connectivity index (χ3v) is 9.45. The van der Waals surface area contributed by atoms with Crippen LogP contribution in [-0.2, 0) is 16.0 Å². The number of aryl methyl sites for hydroxylation is 1. The van der Waals surface area contributed by atoms with Crippen molar-refractivity contribution in [1.82, 2.24) is 14.8 Å². The van der Waals surface area contributed by atoms with Gasteiger partial charge in [-0.3, -0.25) is 4.79 Å². The van der Waals surface area contributed by atoms with Crippen LogP contribution in [-0.4, -0.2) is 104 Å². The minimum atomic E-state index is -0.785. The van der Waals surface area contributed by atoms with E-state index in [9.17, 15) is 14.7 Å². The van der Waals surface area contributed by atoms with Gasteiger partial charge in [-0.05, 0) is 95.4 Å². The van der Waals surface area contributed by atoms with Crippen molar-refractivity contribution in [3.63, 3.8) is 0 Å². The highest BCUT2D eigenvalue weighted by molar-refractivity contribution is 5.81. The summed E-state index contributed by atoms with van der Waals surface area (Å²) in [5, 5.41) is 20.0. The molecule has 2 atom stereocenters. The molecule has 0 amide bonds. The van der Waals surface area contributed by atoms with E-state index in [0.717, 1.165) is 125 Å². The molecule has 274 valence electrons. The maximum absolute atomic E-state index is 12.2. The topological polar surface area (TPSA) is 114 Å². The largest absolute Gasteiger partial charge is 0.481 e. The summed E-state index contributed by atoms with van der Waals surface area (Å²) in [5.74, 6) is 1.04. The summed E-state index contributed by atoms with van der Waals surface area (Å²) in [4.78, 5) is 33.5. The fourth-order valence-electron chi connectivity index (χ4n) is 6.69. The van der Waals surface area contributed by atoms with E-state index in [4.69, 9.17) is 9.84 Å². The van der Waals surface area contributed by atoms with Gasteiger partial charge in [-0.15, -0.1) is 0 Å². The number of unbranched alkanes of at least 4 members (excludes halogenated alkanes) is 2. The van der Waals surface area contributed by atoms with Crippen molar-refractivity contribution >= 4 is 35.2 Å². The second kappa shape index (κ2) is 19.4. The van der Waals surface area contributed by atoms with Crippen LogP contribution in [0.2, 0.25) is 0 Å². The number of hydrogen-bond acceptors (Lipinski definition) is 10. The molecule has 2 fully saturated rings. The van der Waals surface area contributed by atoms with Crippen LogP contribution in [0.1, 0.15) is 83.3 Å². The zero-order chi connectivity index (χ0) is 36.0. The number of anilines is 3. The summed E-state index contributed by atoms with van der Waals surface area (Å²) in [6.07, 6.45) is 7.14. The number of carboxylic acids is 1. The third-order valence-electron chi connectivity index (χ3n) is 9.45. The van der Waals surface area contributed by atoms with Crippen molar-refractivity contribution in [3.8, 4) is 5.88 Å². The number of likely N-dealkylation sites (N-methyl/N-ethyl adjacent to an activating group) is 1. The Bertz CT molecular complexity index is 1450. The van der Waals surface area contributed by atoms with E-state index in [1.807, 2.05) is 31.8 Å². The van der Waals surface area contributed by atoms with Gasteiger partial charge in [-0.1, -0.05) is 19.9 Å². The molecule has 4 heterocycles. The number of aromatic nitrogens is 1. The van der Waals surface area contributed by atoms with Crippen LogP contribution in [0.15, 0.2) is 47.7 Å².